The van der Waals surface area contributed by atoms with E-state index >= 15 is 0 Å². The minimum atomic E-state index is -0.532. The molecule has 0 spiro atoms. The van der Waals surface area contributed by atoms with Crippen LogP contribution in [0.1, 0.15) is 20.8 Å². The topological polar surface area (TPSA) is 52.7 Å². The molecule has 0 aromatic heterocycles. The van der Waals surface area contributed by atoms with Crippen molar-refractivity contribution in [3.05, 3.63) is 12.4 Å². The van der Waals surface area contributed by atoms with E-state index in [4.69, 9.17) is 0 Å². The predicted molar refractivity (Wildman–Crippen MR) is 52.4 cm³/mol. The number of hydrogen-bond donors (Lipinski definition) is 1. The van der Waals surface area contributed by atoms with E-state index in [0.29, 0.717) is 5.82 Å². The Bertz CT molecular complexity index is 304. The van der Waals surface area contributed by atoms with E-state index in [2.05, 4.69) is 11.9 Å². The number of carbonyl (C=O) groups is 2. The van der Waals surface area contributed by atoms with Gasteiger partial charge in [0, 0.05) is 12.6 Å². The van der Waals surface area contributed by atoms with Gasteiger partial charge in [-0.2, -0.15) is 0 Å². The van der Waals surface area contributed by atoms with Crippen molar-refractivity contribution in [3.63, 3.8) is 0 Å². The first-order chi connectivity index (χ1) is 6.25. The van der Waals surface area contributed by atoms with Crippen molar-refractivity contribution in [2.75, 3.05) is 7.05 Å². The highest BCUT2D eigenvalue weighted by atomic mass is 16.2. The highest BCUT2D eigenvalue weighted by molar-refractivity contribution is 5.98. The van der Waals surface area contributed by atoms with Gasteiger partial charge in [0.2, 0.25) is 0 Å². The monoisotopic (exact) mass is 197 g/mol. The third kappa shape index (κ3) is 1.57. The molecule has 1 aliphatic heterocycles. The fourth-order valence-electron chi connectivity index (χ4n) is 1.21. The first-order valence-corrected chi connectivity index (χ1v) is 4.33. The third-order valence-corrected chi connectivity index (χ3v) is 2.01. The maximum Gasteiger partial charge on any atom is 0.333 e. The summed E-state index contributed by atoms with van der Waals surface area (Å²) >= 11 is 0. The molecule has 0 aromatic carbocycles. The maximum absolute atomic E-state index is 11.7. The zero-order valence-electron chi connectivity index (χ0n) is 8.92. The minimum Gasteiger partial charge on any atom is -0.294 e. The Labute approximate surface area is 83.4 Å². The molecule has 5 nitrogen and oxygen atoms in total. The molecule has 4 amide bonds. The number of nitrogens with one attached hydrogen (secondary N) is 1. The van der Waals surface area contributed by atoms with Crippen molar-refractivity contribution in [2.24, 2.45) is 0 Å². The molecule has 1 heterocycles. The van der Waals surface area contributed by atoms with Gasteiger partial charge in [0.25, 0.3) is 0 Å². The Morgan fingerprint density at radius 1 is 1.29 bits per heavy atom. The molecule has 0 bridgehead atoms. The van der Waals surface area contributed by atoms with Crippen molar-refractivity contribution < 1.29 is 9.59 Å². The summed E-state index contributed by atoms with van der Waals surface area (Å²) in [5.41, 5.74) is -0.532. The molecule has 0 aromatic rings. The van der Waals surface area contributed by atoms with E-state index in [-0.39, 0.29) is 6.03 Å². The Kier molecular flexibility index (Phi) is 2.27. The molecule has 1 rings (SSSR count). The van der Waals surface area contributed by atoms with Gasteiger partial charge in [0.05, 0.1) is 0 Å². The number of hydrogen-bond acceptors (Lipinski definition) is 2. The average molecular weight is 197 g/mol. The Morgan fingerprint density at radius 3 is 2.21 bits per heavy atom. The first kappa shape index (κ1) is 10.6. The first-order valence-electron chi connectivity index (χ1n) is 4.33. The van der Waals surface area contributed by atoms with Crippen molar-refractivity contribution in [3.8, 4) is 0 Å². The standard InChI is InChI=1S/C9H15N3O2/c1-6-10-7(13)12(9(2,3)4)8(14)11(6)5/h1H2,2-5H3,(H,10,13). The number of rotatable bonds is 0. The van der Waals surface area contributed by atoms with Gasteiger partial charge in [0.15, 0.2) is 0 Å². The van der Waals surface area contributed by atoms with Gasteiger partial charge < -0.3 is 0 Å². The molecule has 0 radical (unpaired) electrons. The number of urea groups is 2. The highest BCUT2D eigenvalue weighted by Crippen LogP contribution is 2.20. The van der Waals surface area contributed by atoms with Gasteiger partial charge >= 0.3 is 12.1 Å². The van der Waals surface area contributed by atoms with Crippen molar-refractivity contribution in [2.45, 2.75) is 26.3 Å². The summed E-state index contributed by atoms with van der Waals surface area (Å²) in [7, 11) is 1.57. The Hall–Kier alpha value is -1.52. The molecular formula is C9H15N3O2. The zero-order chi connectivity index (χ0) is 11.1. The van der Waals surface area contributed by atoms with Gasteiger partial charge in [0.1, 0.15) is 5.82 Å². The second kappa shape index (κ2) is 3.01. The van der Waals surface area contributed by atoms with E-state index in [1.165, 1.54) is 9.80 Å². The molecule has 1 fully saturated rings. The minimum absolute atomic E-state index is 0.306. The lowest BCUT2D eigenvalue weighted by molar-refractivity contribution is 0.120. The summed E-state index contributed by atoms with van der Waals surface area (Å²) in [6.45, 7) is 8.95. The average Bonchev–Trinajstić information content (AvgIpc) is 1.97. The summed E-state index contributed by atoms with van der Waals surface area (Å²) in [5.74, 6) is 0.306. The van der Waals surface area contributed by atoms with Gasteiger partial charge in [-0.1, -0.05) is 6.58 Å². The highest BCUT2D eigenvalue weighted by Gasteiger charge is 2.39. The zero-order valence-corrected chi connectivity index (χ0v) is 8.92. The molecule has 0 unspecified atom stereocenters. The largest absolute Gasteiger partial charge is 0.333 e. The molecule has 5 heteroatoms. The molecule has 14 heavy (non-hydrogen) atoms. The quantitative estimate of drug-likeness (QED) is 0.637. The van der Waals surface area contributed by atoms with E-state index in [0.717, 1.165) is 0 Å². The van der Waals surface area contributed by atoms with Gasteiger partial charge in [-0.15, -0.1) is 0 Å². The number of amides is 4. The van der Waals surface area contributed by atoms with Gasteiger partial charge in [-0.3, -0.25) is 10.2 Å². The molecule has 0 aliphatic carbocycles. The molecule has 0 atom stereocenters. The number of imide groups is 1. The Balaban J connectivity index is 3.03. The van der Waals surface area contributed by atoms with Crippen LogP contribution in [0.15, 0.2) is 12.4 Å². The summed E-state index contributed by atoms with van der Waals surface area (Å²) in [6, 6.07) is -0.781. The van der Waals surface area contributed by atoms with Crippen LogP contribution in [0.25, 0.3) is 0 Å². The third-order valence-electron chi connectivity index (χ3n) is 2.01. The van der Waals surface area contributed by atoms with E-state index in [1.807, 2.05) is 0 Å². The second-order valence-electron chi connectivity index (χ2n) is 4.22. The molecule has 1 aliphatic rings. The fourth-order valence-corrected chi connectivity index (χ4v) is 1.21. The molecule has 1 saturated heterocycles. The Morgan fingerprint density at radius 2 is 1.79 bits per heavy atom. The molecule has 0 saturated carbocycles. The van der Waals surface area contributed by atoms with Crippen LogP contribution in [0.2, 0.25) is 0 Å². The molecule has 78 valence electrons. The SMILES string of the molecule is C=C1NC(=O)N(C(C)(C)C)C(=O)N1C. The van der Waals surface area contributed by atoms with E-state index in [9.17, 15) is 9.59 Å². The van der Waals surface area contributed by atoms with Crippen molar-refractivity contribution in [1.29, 1.82) is 0 Å². The predicted octanol–water partition coefficient (Wildman–Crippen LogP) is 1.33. The lowest BCUT2D eigenvalue weighted by Crippen LogP contribution is -2.62. The van der Waals surface area contributed by atoms with Crippen LogP contribution in [-0.4, -0.2) is 34.4 Å². The fraction of sp³-hybridized carbons (Fsp3) is 0.556. The van der Waals surface area contributed by atoms with Crippen LogP contribution in [0.4, 0.5) is 9.59 Å². The summed E-state index contributed by atoms with van der Waals surface area (Å²) in [4.78, 5) is 25.7. The van der Waals surface area contributed by atoms with E-state index < -0.39 is 11.6 Å². The van der Waals surface area contributed by atoms with Crippen LogP contribution in [0.5, 0.6) is 0 Å². The normalized spacial score (nSPS) is 18.7. The second-order valence-corrected chi connectivity index (χ2v) is 4.22. The van der Waals surface area contributed by atoms with Crippen LogP contribution in [-0.2, 0) is 0 Å². The van der Waals surface area contributed by atoms with Crippen LogP contribution in [0.3, 0.4) is 0 Å². The molecular weight excluding hydrogens is 182 g/mol. The van der Waals surface area contributed by atoms with Crippen LogP contribution >= 0.6 is 0 Å². The van der Waals surface area contributed by atoms with Crippen LogP contribution < -0.4 is 5.32 Å². The summed E-state index contributed by atoms with van der Waals surface area (Å²) in [5, 5.41) is 2.51. The summed E-state index contributed by atoms with van der Waals surface area (Å²) < 4.78 is 0. The number of nitrogens with zero attached hydrogens (tertiary/aromatic N) is 2. The smallest absolute Gasteiger partial charge is 0.294 e. The maximum atomic E-state index is 11.7. The lowest BCUT2D eigenvalue weighted by atomic mass is 10.1. The van der Waals surface area contributed by atoms with Crippen LogP contribution in [0, 0.1) is 0 Å². The number of carbonyl (C=O) groups excluding carboxylic acids is 2. The van der Waals surface area contributed by atoms with Crippen molar-refractivity contribution in [1.82, 2.24) is 15.1 Å². The lowest BCUT2D eigenvalue weighted by Gasteiger charge is -2.40. The van der Waals surface area contributed by atoms with E-state index in [1.54, 1.807) is 27.8 Å². The van der Waals surface area contributed by atoms with Gasteiger partial charge in [-0.05, 0) is 20.8 Å². The molecule has 1 N–H and O–H groups in total. The van der Waals surface area contributed by atoms with Crippen molar-refractivity contribution >= 4 is 12.1 Å². The van der Waals surface area contributed by atoms with Gasteiger partial charge in [-0.25, -0.2) is 14.5 Å². The summed E-state index contributed by atoms with van der Waals surface area (Å²) in [6.07, 6.45) is 0.